The second-order valence-electron chi connectivity index (χ2n) is 5.51. The van der Waals surface area contributed by atoms with Crippen LogP contribution in [0.3, 0.4) is 0 Å². The molecule has 4 nitrogen and oxygen atoms in total. The van der Waals surface area contributed by atoms with E-state index in [4.69, 9.17) is 4.74 Å². The lowest BCUT2D eigenvalue weighted by molar-refractivity contribution is 0.0957. The third-order valence-electron chi connectivity index (χ3n) is 3.73. The third-order valence-corrected chi connectivity index (χ3v) is 4.23. The number of rotatable bonds is 6. The molecule has 1 N–H and O–H groups in total. The molecule has 3 rings (SSSR count). The van der Waals surface area contributed by atoms with Gasteiger partial charge in [0.05, 0.1) is 6.21 Å². The Hall–Kier alpha value is -2.92. The van der Waals surface area contributed by atoms with Crippen LogP contribution >= 0.6 is 15.9 Å². The van der Waals surface area contributed by atoms with Gasteiger partial charge in [-0.2, -0.15) is 5.10 Å². The monoisotopic (exact) mass is 408 g/mol. The Bertz CT molecular complexity index is 977. The van der Waals surface area contributed by atoms with E-state index >= 15 is 0 Å². The smallest absolute Gasteiger partial charge is 0.271 e. The number of nitrogens with one attached hydrogen (secondary N) is 1. The lowest BCUT2D eigenvalue weighted by Gasteiger charge is -2.08. The van der Waals surface area contributed by atoms with E-state index in [0.717, 1.165) is 20.8 Å². The Morgan fingerprint density at radius 3 is 2.81 bits per heavy atom. The van der Waals surface area contributed by atoms with Gasteiger partial charge >= 0.3 is 0 Å². The van der Waals surface area contributed by atoms with Crippen molar-refractivity contribution in [3.63, 3.8) is 0 Å². The van der Waals surface area contributed by atoms with Crippen molar-refractivity contribution in [3.05, 3.63) is 88.9 Å². The van der Waals surface area contributed by atoms with Gasteiger partial charge in [0.25, 0.3) is 5.91 Å². The highest BCUT2D eigenvalue weighted by Gasteiger charge is 2.08. The average Bonchev–Trinajstić information content (AvgIpc) is 2.67. The summed E-state index contributed by atoms with van der Waals surface area (Å²) in [7, 11) is 0. The third kappa shape index (κ3) is 4.18. The lowest BCUT2D eigenvalue weighted by Crippen LogP contribution is -2.18. The molecule has 3 aromatic rings. The van der Waals surface area contributed by atoms with Crippen molar-refractivity contribution in [1.29, 1.82) is 0 Å². The van der Waals surface area contributed by atoms with Gasteiger partial charge in [-0.15, -0.1) is 0 Å². The topological polar surface area (TPSA) is 50.7 Å². The Balaban J connectivity index is 1.79. The van der Waals surface area contributed by atoms with E-state index in [1.54, 1.807) is 18.4 Å². The van der Waals surface area contributed by atoms with Crippen molar-refractivity contribution in [2.45, 2.75) is 0 Å². The van der Waals surface area contributed by atoms with Crippen LogP contribution in [0.15, 0.2) is 82.9 Å². The van der Waals surface area contributed by atoms with Gasteiger partial charge in [0.1, 0.15) is 12.4 Å². The quantitative estimate of drug-likeness (QED) is 0.357. The van der Waals surface area contributed by atoms with E-state index in [1.807, 2.05) is 54.6 Å². The number of halogens is 1. The molecule has 0 bridgehead atoms. The normalized spacial score (nSPS) is 10.8. The predicted octanol–water partition coefficient (Wildman–Crippen LogP) is 4.93. The Labute approximate surface area is 160 Å². The molecule has 5 heteroatoms. The molecule has 0 aromatic heterocycles. The first kappa shape index (κ1) is 17.9. The number of hydrazone groups is 1. The summed E-state index contributed by atoms with van der Waals surface area (Å²) in [5.74, 6) is 0.401. The van der Waals surface area contributed by atoms with Gasteiger partial charge in [0, 0.05) is 15.6 Å². The number of benzene rings is 3. The van der Waals surface area contributed by atoms with Gasteiger partial charge in [0.2, 0.25) is 0 Å². The van der Waals surface area contributed by atoms with Crippen LogP contribution in [-0.4, -0.2) is 18.7 Å². The standard InChI is InChI=1S/C21H17BrN2O2/c1-2-12-26-20-11-10-17(22)13-16(20)14-23-24-21(25)19-9-5-7-15-6-3-4-8-18(15)19/h2-11,13-14H,1,12H2,(H,24,25). The Kier molecular flexibility index (Phi) is 5.81. The van der Waals surface area contributed by atoms with Crippen LogP contribution in [0.4, 0.5) is 0 Å². The molecule has 26 heavy (non-hydrogen) atoms. The molecule has 0 atom stereocenters. The minimum absolute atomic E-state index is 0.262. The number of fused-ring (bicyclic) bond motifs is 1. The van der Waals surface area contributed by atoms with Crippen molar-refractivity contribution >= 4 is 38.8 Å². The molecule has 0 radical (unpaired) electrons. The van der Waals surface area contributed by atoms with Gasteiger partial charge in [-0.05, 0) is 35.0 Å². The fourth-order valence-electron chi connectivity index (χ4n) is 2.54. The van der Waals surface area contributed by atoms with Crippen LogP contribution in [0.5, 0.6) is 5.75 Å². The van der Waals surface area contributed by atoms with E-state index in [0.29, 0.717) is 17.9 Å². The molecule has 130 valence electrons. The predicted molar refractivity (Wildman–Crippen MR) is 109 cm³/mol. The second-order valence-corrected chi connectivity index (χ2v) is 6.42. The SMILES string of the molecule is C=CCOc1ccc(Br)cc1C=NNC(=O)c1cccc2ccccc12. The first-order chi connectivity index (χ1) is 12.7. The van der Waals surface area contributed by atoms with Gasteiger partial charge < -0.3 is 4.74 Å². The minimum Gasteiger partial charge on any atom is -0.489 e. The van der Waals surface area contributed by atoms with Crippen molar-refractivity contribution < 1.29 is 9.53 Å². The van der Waals surface area contributed by atoms with Crippen molar-refractivity contribution in [2.24, 2.45) is 5.10 Å². The van der Waals surface area contributed by atoms with Gasteiger partial charge in [-0.1, -0.05) is 65.0 Å². The molecule has 0 heterocycles. The highest BCUT2D eigenvalue weighted by molar-refractivity contribution is 9.10. The maximum atomic E-state index is 12.5. The fourth-order valence-corrected chi connectivity index (χ4v) is 2.92. The number of hydrogen-bond donors (Lipinski definition) is 1. The zero-order valence-electron chi connectivity index (χ0n) is 14.0. The molecular weight excluding hydrogens is 392 g/mol. The highest BCUT2D eigenvalue weighted by atomic mass is 79.9. The number of carbonyl (C=O) groups excluding carboxylic acids is 1. The maximum Gasteiger partial charge on any atom is 0.271 e. The number of nitrogens with zero attached hydrogens (tertiary/aromatic N) is 1. The van der Waals surface area contributed by atoms with Crippen molar-refractivity contribution in [3.8, 4) is 5.75 Å². The van der Waals surface area contributed by atoms with Crippen LogP contribution in [0.2, 0.25) is 0 Å². The number of ether oxygens (including phenoxy) is 1. The largest absolute Gasteiger partial charge is 0.489 e. The molecular formula is C21H17BrN2O2. The molecule has 0 aliphatic carbocycles. The molecule has 3 aromatic carbocycles. The van der Waals surface area contributed by atoms with Gasteiger partial charge in [-0.3, -0.25) is 4.79 Å². The van der Waals surface area contributed by atoms with Crippen molar-refractivity contribution in [1.82, 2.24) is 5.43 Å². The minimum atomic E-state index is -0.262. The first-order valence-electron chi connectivity index (χ1n) is 8.03. The number of amides is 1. The summed E-state index contributed by atoms with van der Waals surface area (Å²) in [6.45, 7) is 4.04. The second kappa shape index (κ2) is 8.45. The summed E-state index contributed by atoms with van der Waals surface area (Å²) in [5.41, 5.74) is 3.91. The van der Waals surface area contributed by atoms with Crippen LogP contribution in [-0.2, 0) is 0 Å². The van der Waals surface area contributed by atoms with Crippen LogP contribution in [0, 0.1) is 0 Å². The molecule has 1 amide bonds. The molecule has 0 saturated heterocycles. The molecule has 0 aliphatic rings. The van der Waals surface area contributed by atoms with E-state index in [-0.39, 0.29) is 5.91 Å². The molecule has 0 unspecified atom stereocenters. The van der Waals surface area contributed by atoms with Crippen LogP contribution < -0.4 is 10.2 Å². The van der Waals surface area contributed by atoms with E-state index < -0.39 is 0 Å². The Morgan fingerprint density at radius 1 is 1.15 bits per heavy atom. The summed E-state index contributed by atoms with van der Waals surface area (Å²) in [5, 5.41) is 5.98. The zero-order chi connectivity index (χ0) is 18.4. The zero-order valence-corrected chi connectivity index (χ0v) is 15.6. The maximum absolute atomic E-state index is 12.5. The summed E-state index contributed by atoms with van der Waals surface area (Å²) < 4.78 is 6.49. The van der Waals surface area contributed by atoms with Crippen LogP contribution in [0.1, 0.15) is 15.9 Å². The summed E-state index contributed by atoms with van der Waals surface area (Å²) in [4.78, 5) is 12.5. The van der Waals surface area contributed by atoms with E-state index in [9.17, 15) is 4.79 Å². The highest BCUT2D eigenvalue weighted by Crippen LogP contribution is 2.22. The lowest BCUT2D eigenvalue weighted by atomic mass is 10.0. The van der Waals surface area contributed by atoms with Gasteiger partial charge in [-0.25, -0.2) is 5.43 Å². The number of hydrogen-bond acceptors (Lipinski definition) is 3. The fraction of sp³-hybridized carbons (Fsp3) is 0.0476. The summed E-state index contributed by atoms with van der Waals surface area (Å²) >= 11 is 3.42. The van der Waals surface area contributed by atoms with Crippen LogP contribution in [0.25, 0.3) is 10.8 Å². The first-order valence-corrected chi connectivity index (χ1v) is 8.83. The van der Waals surface area contributed by atoms with E-state index in [2.05, 4.69) is 33.0 Å². The summed E-state index contributed by atoms with van der Waals surface area (Å²) in [6, 6.07) is 18.9. The molecule has 0 saturated carbocycles. The Morgan fingerprint density at radius 2 is 1.96 bits per heavy atom. The van der Waals surface area contributed by atoms with Gasteiger partial charge in [0.15, 0.2) is 0 Å². The number of carbonyl (C=O) groups is 1. The van der Waals surface area contributed by atoms with E-state index in [1.165, 1.54) is 0 Å². The molecule has 0 spiro atoms. The summed E-state index contributed by atoms with van der Waals surface area (Å²) in [6.07, 6.45) is 3.23. The van der Waals surface area contributed by atoms with Crippen molar-refractivity contribution in [2.75, 3.05) is 6.61 Å². The molecule has 0 fully saturated rings. The molecule has 0 aliphatic heterocycles. The average molecular weight is 409 g/mol.